The van der Waals surface area contributed by atoms with Gasteiger partial charge in [-0.3, -0.25) is 14.9 Å². The highest BCUT2D eigenvalue weighted by Crippen LogP contribution is 2.28. The van der Waals surface area contributed by atoms with E-state index < -0.39 is 0 Å². The summed E-state index contributed by atoms with van der Waals surface area (Å²) in [5, 5.41) is 4.80. The molecule has 1 aromatic carbocycles. The van der Waals surface area contributed by atoms with Gasteiger partial charge in [0.2, 0.25) is 5.91 Å². The monoisotopic (exact) mass is 404 g/mol. The Morgan fingerprint density at radius 2 is 2.07 bits per heavy atom. The molecule has 1 amide bonds. The van der Waals surface area contributed by atoms with E-state index in [1.807, 2.05) is 18.2 Å². The standard InChI is InChI=1S/C20H24N2O5S/c1-4-5-10-27-16-8-6-14(11-17(16)25-2)7-9-18(23)22-20-21-15(13-28-20)12-19(24)26-3/h6-9,11,13H,4-5,10,12H2,1-3H3,(H,21,22,23)/b9-7+. The Balaban J connectivity index is 1.95. The zero-order valence-corrected chi connectivity index (χ0v) is 17.0. The van der Waals surface area contributed by atoms with Crippen LogP contribution in [0, 0.1) is 0 Å². The molecule has 0 radical (unpaired) electrons. The minimum atomic E-state index is -0.376. The van der Waals surface area contributed by atoms with Crippen LogP contribution in [0.2, 0.25) is 0 Å². The lowest BCUT2D eigenvalue weighted by atomic mass is 10.2. The average Bonchev–Trinajstić information content (AvgIpc) is 3.13. The van der Waals surface area contributed by atoms with Crippen LogP contribution in [-0.4, -0.2) is 37.7 Å². The number of unbranched alkanes of at least 4 members (excludes halogenated alkanes) is 1. The summed E-state index contributed by atoms with van der Waals surface area (Å²) in [6, 6.07) is 5.49. The van der Waals surface area contributed by atoms with Gasteiger partial charge in [-0.25, -0.2) is 4.98 Å². The van der Waals surface area contributed by atoms with Crippen LogP contribution in [-0.2, 0) is 20.7 Å². The predicted octanol–water partition coefficient (Wildman–Crippen LogP) is 3.70. The number of aromatic nitrogens is 1. The number of esters is 1. The highest BCUT2D eigenvalue weighted by Gasteiger charge is 2.09. The van der Waals surface area contributed by atoms with Gasteiger partial charge in [-0.15, -0.1) is 11.3 Å². The molecule has 1 aromatic heterocycles. The van der Waals surface area contributed by atoms with Crippen molar-refractivity contribution >= 4 is 34.4 Å². The zero-order chi connectivity index (χ0) is 20.4. The lowest BCUT2D eigenvalue weighted by Crippen LogP contribution is -2.08. The Morgan fingerprint density at radius 1 is 1.25 bits per heavy atom. The van der Waals surface area contributed by atoms with Crippen LogP contribution in [0.15, 0.2) is 29.7 Å². The average molecular weight is 404 g/mol. The molecule has 0 unspecified atom stereocenters. The number of amides is 1. The molecule has 0 bridgehead atoms. The summed E-state index contributed by atoms with van der Waals surface area (Å²) in [7, 11) is 2.90. The second-order valence-corrected chi connectivity index (χ2v) is 6.69. The molecule has 2 aromatic rings. The van der Waals surface area contributed by atoms with Gasteiger partial charge in [0, 0.05) is 11.5 Å². The summed E-state index contributed by atoms with van der Waals surface area (Å²) < 4.78 is 15.6. The van der Waals surface area contributed by atoms with Crippen molar-refractivity contribution in [2.24, 2.45) is 0 Å². The summed E-state index contributed by atoms with van der Waals surface area (Å²) in [5.41, 5.74) is 1.36. The topological polar surface area (TPSA) is 86.8 Å². The maximum atomic E-state index is 12.1. The van der Waals surface area contributed by atoms with Crippen molar-refractivity contribution in [3.8, 4) is 11.5 Å². The quantitative estimate of drug-likeness (QED) is 0.369. The smallest absolute Gasteiger partial charge is 0.311 e. The molecule has 0 fully saturated rings. The molecule has 150 valence electrons. The molecule has 7 nitrogen and oxygen atoms in total. The molecule has 28 heavy (non-hydrogen) atoms. The molecule has 2 rings (SSSR count). The lowest BCUT2D eigenvalue weighted by Gasteiger charge is -2.10. The first kappa shape index (κ1) is 21.4. The van der Waals surface area contributed by atoms with Crippen molar-refractivity contribution in [3.63, 3.8) is 0 Å². The van der Waals surface area contributed by atoms with E-state index in [2.05, 4.69) is 22.0 Å². The van der Waals surface area contributed by atoms with Gasteiger partial charge in [0.25, 0.3) is 0 Å². The van der Waals surface area contributed by atoms with Gasteiger partial charge in [-0.1, -0.05) is 19.4 Å². The number of methoxy groups -OCH3 is 2. The first-order valence-corrected chi connectivity index (χ1v) is 9.74. The van der Waals surface area contributed by atoms with E-state index in [1.165, 1.54) is 24.5 Å². The first-order chi connectivity index (χ1) is 13.5. The van der Waals surface area contributed by atoms with E-state index in [-0.39, 0.29) is 18.3 Å². The minimum absolute atomic E-state index is 0.0746. The summed E-state index contributed by atoms with van der Waals surface area (Å²) in [5.74, 6) is 0.602. The third-order valence-corrected chi connectivity index (χ3v) is 4.51. The number of carbonyl (C=O) groups excluding carboxylic acids is 2. The number of carbonyl (C=O) groups is 2. The van der Waals surface area contributed by atoms with Gasteiger partial charge in [-0.2, -0.15) is 0 Å². The van der Waals surface area contributed by atoms with Gasteiger partial charge in [0.05, 0.1) is 32.9 Å². The van der Waals surface area contributed by atoms with E-state index >= 15 is 0 Å². The number of nitrogens with zero attached hydrogens (tertiary/aromatic N) is 1. The Labute approximate surface area is 168 Å². The fourth-order valence-electron chi connectivity index (χ4n) is 2.22. The van der Waals surface area contributed by atoms with Crippen LogP contribution < -0.4 is 14.8 Å². The minimum Gasteiger partial charge on any atom is -0.493 e. The fraction of sp³-hybridized carbons (Fsp3) is 0.350. The molecule has 0 spiro atoms. The first-order valence-electron chi connectivity index (χ1n) is 8.86. The largest absolute Gasteiger partial charge is 0.493 e. The van der Waals surface area contributed by atoms with E-state index in [0.717, 1.165) is 18.4 Å². The molecule has 0 atom stereocenters. The second kappa shape index (κ2) is 11.1. The Morgan fingerprint density at radius 3 is 2.79 bits per heavy atom. The molecule has 1 N–H and O–H groups in total. The van der Waals surface area contributed by atoms with Gasteiger partial charge < -0.3 is 14.2 Å². The van der Waals surface area contributed by atoms with Crippen LogP contribution in [0.1, 0.15) is 31.0 Å². The summed E-state index contributed by atoms with van der Waals surface area (Å²) in [6.07, 6.45) is 5.19. The van der Waals surface area contributed by atoms with Gasteiger partial charge in [0.15, 0.2) is 16.6 Å². The predicted molar refractivity (Wildman–Crippen MR) is 109 cm³/mol. The molecule has 0 aliphatic rings. The van der Waals surface area contributed by atoms with Crippen molar-refractivity contribution in [2.75, 3.05) is 26.1 Å². The molecular weight excluding hydrogens is 380 g/mol. The number of thiazole rings is 1. The number of benzene rings is 1. The van der Waals surface area contributed by atoms with Crippen LogP contribution in [0.5, 0.6) is 11.5 Å². The summed E-state index contributed by atoms with van der Waals surface area (Å²) in [4.78, 5) is 27.5. The van der Waals surface area contributed by atoms with Crippen LogP contribution >= 0.6 is 11.3 Å². The highest BCUT2D eigenvalue weighted by molar-refractivity contribution is 7.14. The van der Waals surface area contributed by atoms with Crippen LogP contribution in [0.25, 0.3) is 6.08 Å². The van der Waals surface area contributed by atoms with Crippen LogP contribution in [0.3, 0.4) is 0 Å². The number of rotatable bonds is 10. The molecule has 1 heterocycles. The number of nitrogens with one attached hydrogen (secondary N) is 1. The highest BCUT2D eigenvalue weighted by atomic mass is 32.1. The number of ether oxygens (including phenoxy) is 3. The fourth-order valence-corrected chi connectivity index (χ4v) is 2.93. The maximum Gasteiger partial charge on any atom is 0.311 e. The Hall–Kier alpha value is -2.87. The van der Waals surface area contributed by atoms with E-state index in [4.69, 9.17) is 9.47 Å². The van der Waals surface area contributed by atoms with E-state index in [0.29, 0.717) is 28.9 Å². The maximum absolute atomic E-state index is 12.1. The third kappa shape index (κ3) is 6.70. The van der Waals surface area contributed by atoms with Gasteiger partial charge >= 0.3 is 5.97 Å². The lowest BCUT2D eigenvalue weighted by molar-refractivity contribution is -0.139. The SMILES string of the molecule is CCCCOc1ccc(/C=C/C(=O)Nc2nc(CC(=O)OC)cs2)cc1OC. The zero-order valence-electron chi connectivity index (χ0n) is 16.2. The molecule has 0 saturated heterocycles. The van der Waals surface area contributed by atoms with Gasteiger partial charge in [0.1, 0.15) is 0 Å². The molecule has 0 aliphatic heterocycles. The Kier molecular flexibility index (Phi) is 8.48. The van der Waals surface area contributed by atoms with E-state index in [1.54, 1.807) is 18.6 Å². The summed E-state index contributed by atoms with van der Waals surface area (Å²) in [6.45, 7) is 2.74. The number of hydrogen-bond acceptors (Lipinski definition) is 7. The van der Waals surface area contributed by atoms with Crippen LogP contribution in [0.4, 0.5) is 5.13 Å². The van der Waals surface area contributed by atoms with Crippen molar-refractivity contribution < 1.29 is 23.8 Å². The summed E-state index contributed by atoms with van der Waals surface area (Å²) >= 11 is 1.25. The molecule has 8 heteroatoms. The number of hydrogen-bond donors (Lipinski definition) is 1. The molecule has 0 aliphatic carbocycles. The number of anilines is 1. The van der Waals surface area contributed by atoms with Gasteiger partial charge in [-0.05, 0) is 30.2 Å². The second-order valence-electron chi connectivity index (χ2n) is 5.83. The third-order valence-electron chi connectivity index (χ3n) is 3.71. The van der Waals surface area contributed by atoms with E-state index in [9.17, 15) is 9.59 Å². The van der Waals surface area contributed by atoms with Crippen molar-refractivity contribution in [2.45, 2.75) is 26.2 Å². The van der Waals surface area contributed by atoms with Crippen molar-refractivity contribution in [1.29, 1.82) is 0 Å². The molecular formula is C20H24N2O5S. The normalized spacial score (nSPS) is 10.7. The Bertz CT molecular complexity index is 832. The molecule has 0 saturated carbocycles. The van der Waals surface area contributed by atoms with Crippen molar-refractivity contribution in [1.82, 2.24) is 4.98 Å². The van der Waals surface area contributed by atoms with Crippen molar-refractivity contribution in [3.05, 3.63) is 40.9 Å².